The Morgan fingerprint density at radius 1 is 1.31 bits per heavy atom. The first-order chi connectivity index (χ1) is 7.54. The van der Waals surface area contributed by atoms with Gasteiger partial charge in [-0.3, -0.25) is 0 Å². The molecule has 0 aliphatic rings. The molecule has 0 radical (unpaired) electrons. The molecule has 1 rings (SSSR count). The summed E-state index contributed by atoms with van der Waals surface area (Å²) in [5.41, 5.74) is 0.588. The van der Waals surface area contributed by atoms with E-state index < -0.39 is 12.7 Å². The lowest BCUT2D eigenvalue weighted by Gasteiger charge is -2.13. The van der Waals surface area contributed by atoms with E-state index in [0.29, 0.717) is 12.2 Å². The zero-order valence-corrected chi connectivity index (χ0v) is 9.11. The molecule has 0 fully saturated rings. The molecule has 0 bridgehead atoms. The molecule has 1 aromatic rings. The number of halogens is 2. The Kier molecular flexibility index (Phi) is 4.49. The number of ether oxygens (including phenoxy) is 2. The predicted molar refractivity (Wildman–Crippen MR) is 54.9 cm³/mol. The van der Waals surface area contributed by atoms with Crippen molar-refractivity contribution in [1.82, 2.24) is 0 Å². The summed E-state index contributed by atoms with van der Waals surface area (Å²) in [4.78, 5) is 0. The highest BCUT2D eigenvalue weighted by Crippen LogP contribution is 2.31. The van der Waals surface area contributed by atoms with E-state index in [-0.39, 0.29) is 11.5 Å². The molecular formula is C11H14F2O3. The molecule has 5 heteroatoms. The first kappa shape index (κ1) is 12.7. The Balaban J connectivity index is 2.99. The van der Waals surface area contributed by atoms with E-state index >= 15 is 0 Å². The van der Waals surface area contributed by atoms with Crippen LogP contribution in [0.5, 0.6) is 11.5 Å². The van der Waals surface area contributed by atoms with Gasteiger partial charge in [0.1, 0.15) is 0 Å². The fraction of sp³-hybridized carbons (Fsp3) is 0.455. The summed E-state index contributed by atoms with van der Waals surface area (Å²) in [5, 5.41) is 9.34. The van der Waals surface area contributed by atoms with Crippen molar-refractivity contribution < 1.29 is 23.4 Å². The van der Waals surface area contributed by atoms with Crippen LogP contribution in [0.4, 0.5) is 8.78 Å². The molecule has 0 spiro atoms. The summed E-state index contributed by atoms with van der Waals surface area (Å²) in [7, 11) is 0. The maximum absolute atomic E-state index is 12.1. The van der Waals surface area contributed by atoms with Gasteiger partial charge in [0, 0.05) is 0 Å². The molecule has 0 saturated heterocycles. The summed E-state index contributed by atoms with van der Waals surface area (Å²) in [5.74, 6) is 0.183. The minimum Gasteiger partial charge on any atom is -0.490 e. The highest BCUT2D eigenvalue weighted by molar-refractivity contribution is 5.43. The van der Waals surface area contributed by atoms with Crippen LogP contribution in [0.25, 0.3) is 0 Å². The van der Waals surface area contributed by atoms with Gasteiger partial charge < -0.3 is 14.6 Å². The maximum atomic E-state index is 12.1. The molecule has 3 nitrogen and oxygen atoms in total. The molecular weight excluding hydrogens is 218 g/mol. The molecule has 0 saturated carbocycles. The van der Waals surface area contributed by atoms with E-state index in [1.807, 2.05) is 0 Å². The predicted octanol–water partition coefficient (Wildman–Crippen LogP) is 2.74. The molecule has 1 aromatic carbocycles. The maximum Gasteiger partial charge on any atom is 0.387 e. The second-order valence-electron chi connectivity index (χ2n) is 3.19. The first-order valence-electron chi connectivity index (χ1n) is 4.94. The highest BCUT2D eigenvalue weighted by Gasteiger charge is 2.12. The molecule has 1 N–H and O–H groups in total. The fourth-order valence-electron chi connectivity index (χ4n) is 1.25. The summed E-state index contributed by atoms with van der Waals surface area (Å²) in [6.45, 7) is 0.763. The van der Waals surface area contributed by atoms with Crippen molar-refractivity contribution in [3.8, 4) is 11.5 Å². The molecule has 0 aliphatic carbocycles. The van der Waals surface area contributed by atoms with Gasteiger partial charge in [0.15, 0.2) is 11.5 Å². The van der Waals surface area contributed by atoms with Gasteiger partial charge in [-0.1, -0.05) is 6.07 Å². The zero-order chi connectivity index (χ0) is 12.1. The average Bonchev–Trinajstić information content (AvgIpc) is 2.20. The van der Waals surface area contributed by atoms with E-state index in [4.69, 9.17) is 4.74 Å². The van der Waals surface area contributed by atoms with Gasteiger partial charge in [0.25, 0.3) is 0 Å². The van der Waals surface area contributed by atoms with Crippen LogP contribution in [-0.4, -0.2) is 18.3 Å². The van der Waals surface area contributed by atoms with Crippen LogP contribution in [0.15, 0.2) is 18.2 Å². The standard InChI is InChI=1S/C11H14F2O3/c1-3-15-10-6-8(7(2)14)4-5-9(10)16-11(12)13/h4-7,11,14H,3H2,1-2H3. The van der Waals surface area contributed by atoms with Crippen LogP contribution in [0.1, 0.15) is 25.5 Å². The van der Waals surface area contributed by atoms with Crippen LogP contribution >= 0.6 is 0 Å². The van der Waals surface area contributed by atoms with E-state index in [0.717, 1.165) is 0 Å². The topological polar surface area (TPSA) is 38.7 Å². The average molecular weight is 232 g/mol. The first-order valence-corrected chi connectivity index (χ1v) is 4.94. The van der Waals surface area contributed by atoms with Crippen molar-refractivity contribution in [3.05, 3.63) is 23.8 Å². The van der Waals surface area contributed by atoms with Gasteiger partial charge in [-0.05, 0) is 31.5 Å². The Labute approximate surface area is 92.6 Å². The number of aliphatic hydroxyl groups excluding tert-OH is 1. The Bertz CT molecular complexity index is 340. The van der Waals surface area contributed by atoms with Crippen LogP contribution in [0.2, 0.25) is 0 Å². The number of alkyl halides is 2. The molecule has 0 aliphatic heterocycles. The van der Waals surface area contributed by atoms with Gasteiger partial charge in [0.05, 0.1) is 12.7 Å². The molecule has 90 valence electrons. The molecule has 16 heavy (non-hydrogen) atoms. The Morgan fingerprint density at radius 2 is 2.00 bits per heavy atom. The number of hydrogen-bond acceptors (Lipinski definition) is 3. The van der Waals surface area contributed by atoms with E-state index in [1.54, 1.807) is 13.8 Å². The van der Waals surface area contributed by atoms with E-state index in [9.17, 15) is 13.9 Å². The van der Waals surface area contributed by atoms with Gasteiger partial charge in [-0.15, -0.1) is 0 Å². The third-order valence-electron chi connectivity index (χ3n) is 1.97. The van der Waals surface area contributed by atoms with Crippen molar-refractivity contribution in [2.75, 3.05) is 6.61 Å². The molecule has 0 amide bonds. The quantitative estimate of drug-likeness (QED) is 0.848. The van der Waals surface area contributed by atoms with Crippen LogP contribution in [0, 0.1) is 0 Å². The van der Waals surface area contributed by atoms with Crippen molar-refractivity contribution in [1.29, 1.82) is 0 Å². The summed E-state index contributed by atoms with van der Waals surface area (Å²) in [6.07, 6.45) is -0.681. The summed E-state index contributed by atoms with van der Waals surface area (Å²) in [6, 6.07) is 4.37. The number of rotatable bonds is 5. The smallest absolute Gasteiger partial charge is 0.387 e. The van der Waals surface area contributed by atoms with Crippen LogP contribution in [-0.2, 0) is 0 Å². The van der Waals surface area contributed by atoms with Crippen molar-refractivity contribution in [2.45, 2.75) is 26.6 Å². The third kappa shape index (κ3) is 3.34. The minimum atomic E-state index is -2.89. The van der Waals surface area contributed by atoms with E-state index in [1.165, 1.54) is 18.2 Å². The second kappa shape index (κ2) is 5.65. The van der Waals surface area contributed by atoms with E-state index in [2.05, 4.69) is 4.74 Å². The van der Waals surface area contributed by atoms with Gasteiger partial charge in [-0.25, -0.2) is 0 Å². The molecule has 1 atom stereocenters. The monoisotopic (exact) mass is 232 g/mol. The van der Waals surface area contributed by atoms with Crippen molar-refractivity contribution in [2.24, 2.45) is 0 Å². The number of aliphatic hydroxyl groups is 1. The largest absolute Gasteiger partial charge is 0.490 e. The third-order valence-corrected chi connectivity index (χ3v) is 1.97. The molecule has 0 aromatic heterocycles. The SMILES string of the molecule is CCOc1cc(C(C)O)ccc1OC(F)F. The van der Waals surface area contributed by atoms with Crippen LogP contribution < -0.4 is 9.47 Å². The number of hydrogen-bond donors (Lipinski definition) is 1. The lowest BCUT2D eigenvalue weighted by Crippen LogP contribution is -2.05. The van der Waals surface area contributed by atoms with Gasteiger partial charge >= 0.3 is 6.61 Å². The van der Waals surface area contributed by atoms with Gasteiger partial charge in [-0.2, -0.15) is 8.78 Å². The lowest BCUT2D eigenvalue weighted by molar-refractivity contribution is -0.0514. The molecule has 1 unspecified atom stereocenters. The van der Waals surface area contributed by atoms with Gasteiger partial charge in [0.2, 0.25) is 0 Å². The zero-order valence-electron chi connectivity index (χ0n) is 9.11. The Hall–Kier alpha value is -1.36. The lowest BCUT2D eigenvalue weighted by atomic mass is 10.1. The van der Waals surface area contributed by atoms with Crippen molar-refractivity contribution >= 4 is 0 Å². The summed E-state index contributed by atoms with van der Waals surface area (Å²) >= 11 is 0. The normalized spacial score (nSPS) is 12.6. The summed E-state index contributed by atoms with van der Waals surface area (Å²) < 4.78 is 33.6. The van der Waals surface area contributed by atoms with Crippen LogP contribution in [0.3, 0.4) is 0 Å². The second-order valence-corrected chi connectivity index (χ2v) is 3.19. The Morgan fingerprint density at radius 3 is 2.50 bits per heavy atom. The molecule has 0 heterocycles. The minimum absolute atomic E-state index is 0.0266. The fourth-order valence-corrected chi connectivity index (χ4v) is 1.25. The highest BCUT2D eigenvalue weighted by atomic mass is 19.3. The van der Waals surface area contributed by atoms with Crippen molar-refractivity contribution in [3.63, 3.8) is 0 Å². The number of benzene rings is 1.